The van der Waals surface area contributed by atoms with Gasteiger partial charge in [-0.3, -0.25) is 10.7 Å². The van der Waals surface area contributed by atoms with Gasteiger partial charge in [-0.25, -0.2) is 5.01 Å². The van der Waals surface area contributed by atoms with E-state index in [9.17, 15) is 0 Å². The van der Waals surface area contributed by atoms with E-state index in [-0.39, 0.29) is 6.61 Å². The van der Waals surface area contributed by atoms with Crippen LogP contribution in [0.25, 0.3) is 0 Å². The first-order valence-electron chi connectivity index (χ1n) is 3.66. The maximum Gasteiger partial charge on any atom is 0.0558 e. The van der Waals surface area contributed by atoms with Gasteiger partial charge in [-0.1, -0.05) is 0 Å². The zero-order chi connectivity index (χ0) is 7.40. The van der Waals surface area contributed by atoms with Gasteiger partial charge in [0.2, 0.25) is 0 Å². The van der Waals surface area contributed by atoms with Gasteiger partial charge in [0.15, 0.2) is 0 Å². The smallest absolute Gasteiger partial charge is 0.0558 e. The van der Waals surface area contributed by atoms with Gasteiger partial charge in [-0.2, -0.15) is 0 Å². The monoisotopic (exact) mass is 145 g/mol. The third-order valence-electron chi connectivity index (χ3n) is 1.82. The van der Waals surface area contributed by atoms with E-state index < -0.39 is 0 Å². The van der Waals surface area contributed by atoms with Crippen LogP contribution in [0.3, 0.4) is 0 Å². The average Bonchev–Trinajstić information content (AvgIpc) is 1.95. The molecule has 4 nitrogen and oxygen atoms in total. The molecule has 1 saturated heterocycles. The summed E-state index contributed by atoms with van der Waals surface area (Å²) in [6.45, 7) is 4.84. The van der Waals surface area contributed by atoms with Gasteiger partial charge in [0, 0.05) is 32.7 Å². The number of nitrogens with zero attached hydrogens (tertiary/aromatic N) is 2. The second-order valence-corrected chi connectivity index (χ2v) is 2.60. The van der Waals surface area contributed by atoms with Crippen molar-refractivity contribution in [3.63, 3.8) is 0 Å². The Morgan fingerprint density at radius 2 is 1.80 bits per heavy atom. The molecule has 0 aromatic rings. The average molecular weight is 145 g/mol. The van der Waals surface area contributed by atoms with E-state index in [0.29, 0.717) is 0 Å². The van der Waals surface area contributed by atoms with Gasteiger partial charge in [0.05, 0.1) is 6.61 Å². The number of hydrogen-bond acceptors (Lipinski definition) is 4. The molecule has 1 fully saturated rings. The van der Waals surface area contributed by atoms with Crippen LogP contribution in [0.15, 0.2) is 0 Å². The Labute approximate surface area is 61.2 Å². The molecule has 0 radical (unpaired) electrons. The molecule has 10 heavy (non-hydrogen) atoms. The van der Waals surface area contributed by atoms with Crippen molar-refractivity contribution in [1.29, 1.82) is 0 Å². The van der Waals surface area contributed by atoms with E-state index in [1.54, 1.807) is 0 Å². The van der Waals surface area contributed by atoms with Crippen molar-refractivity contribution in [2.24, 2.45) is 5.84 Å². The van der Waals surface area contributed by atoms with Crippen LogP contribution in [0, 0.1) is 0 Å². The van der Waals surface area contributed by atoms with E-state index in [1.165, 1.54) is 0 Å². The van der Waals surface area contributed by atoms with E-state index in [1.807, 2.05) is 5.01 Å². The summed E-state index contributed by atoms with van der Waals surface area (Å²) in [7, 11) is 0. The quantitative estimate of drug-likeness (QED) is 0.463. The van der Waals surface area contributed by atoms with Crippen LogP contribution in [0.1, 0.15) is 0 Å². The molecule has 1 heterocycles. The molecule has 0 bridgehead atoms. The molecule has 4 heteroatoms. The van der Waals surface area contributed by atoms with E-state index in [0.717, 1.165) is 32.7 Å². The van der Waals surface area contributed by atoms with Crippen molar-refractivity contribution in [2.45, 2.75) is 0 Å². The first-order chi connectivity index (χ1) is 4.83. The molecule has 0 spiro atoms. The molecule has 0 unspecified atom stereocenters. The highest BCUT2D eigenvalue weighted by Crippen LogP contribution is 1.95. The fourth-order valence-corrected chi connectivity index (χ4v) is 1.13. The van der Waals surface area contributed by atoms with E-state index in [4.69, 9.17) is 10.9 Å². The lowest BCUT2D eigenvalue weighted by Crippen LogP contribution is -2.49. The number of nitrogens with two attached hydrogens (primary N) is 1. The number of aliphatic hydroxyl groups excluding tert-OH is 1. The van der Waals surface area contributed by atoms with Gasteiger partial charge in [0.25, 0.3) is 0 Å². The van der Waals surface area contributed by atoms with E-state index in [2.05, 4.69) is 4.90 Å². The predicted molar refractivity (Wildman–Crippen MR) is 39.3 cm³/mol. The van der Waals surface area contributed by atoms with Gasteiger partial charge >= 0.3 is 0 Å². The summed E-state index contributed by atoms with van der Waals surface area (Å²) in [6.07, 6.45) is 0. The molecule has 0 saturated carbocycles. The second kappa shape index (κ2) is 3.88. The minimum absolute atomic E-state index is 0.255. The fraction of sp³-hybridized carbons (Fsp3) is 1.00. The third kappa shape index (κ3) is 2.22. The summed E-state index contributed by atoms with van der Waals surface area (Å²) in [4.78, 5) is 2.21. The van der Waals surface area contributed by atoms with Crippen LogP contribution >= 0.6 is 0 Å². The van der Waals surface area contributed by atoms with Crippen LogP contribution in [0.2, 0.25) is 0 Å². The summed E-state index contributed by atoms with van der Waals surface area (Å²) >= 11 is 0. The third-order valence-corrected chi connectivity index (χ3v) is 1.82. The Bertz CT molecular complexity index is 91.0. The molecular formula is C6H15N3O. The zero-order valence-electron chi connectivity index (χ0n) is 6.16. The number of aliphatic hydroxyl groups is 1. The number of hydrogen-bond donors (Lipinski definition) is 2. The Balaban J connectivity index is 2.13. The Morgan fingerprint density at radius 3 is 2.30 bits per heavy atom. The number of hydrazine groups is 1. The lowest BCUT2D eigenvalue weighted by Gasteiger charge is -2.31. The van der Waals surface area contributed by atoms with Crippen molar-refractivity contribution < 1.29 is 5.11 Å². The molecular weight excluding hydrogens is 130 g/mol. The van der Waals surface area contributed by atoms with Crippen LogP contribution in [-0.2, 0) is 0 Å². The fourth-order valence-electron chi connectivity index (χ4n) is 1.13. The van der Waals surface area contributed by atoms with Crippen LogP contribution in [0.4, 0.5) is 0 Å². The molecule has 1 rings (SSSR count). The summed E-state index contributed by atoms with van der Waals surface area (Å²) in [5.41, 5.74) is 0. The highest BCUT2D eigenvalue weighted by Gasteiger charge is 2.12. The maximum atomic E-state index is 8.60. The Hall–Kier alpha value is -0.160. The van der Waals surface area contributed by atoms with E-state index >= 15 is 0 Å². The molecule has 0 aliphatic carbocycles. The second-order valence-electron chi connectivity index (χ2n) is 2.60. The van der Waals surface area contributed by atoms with Crippen LogP contribution in [-0.4, -0.2) is 54.3 Å². The lowest BCUT2D eigenvalue weighted by molar-refractivity contribution is 0.113. The van der Waals surface area contributed by atoms with Gasteiger partial charge < -0.3 is 5.11 Å². The Morgan fingerprint density at radius 1 is 1.20 bits per heavy atom. The number of piperazine rings is 1. The summed E-state index contributed by atoms with van der Waals surface area (Å²) in [6, 6.07) is 0. The van der Waals surface area contributed by atoms with Crippen molar-refractivity contribution in [3.05, 3.63) is 0 Å². The normalized spacial score (nSPS) is 23.4. The van der Waals surface area contributed by atoms with Gasteiger partial charge in [-0.05, 0) is 0 Å². The Kier molecular flexibility index (Phi) is 3.08. The molecule has 3 N–H and O–H groups in total. The largest absolute Gasteiger partial charge is 0.395 e. The molecule has 1 aliphatic heterocycles. The van der Waals surface area contributed by atoms with Crippen molar-refractivity contribution >= 4 is 0 Å². The molecule has 0 aromatic carbocycles. The summed E-state index contributed by atoms with van der Waals surface area (Å²) < 4.78 is 0. The predicted octanol–water partition coefficient (Wildman–Crippen LogP) is -1.53. The first kappa shape index (κ1) is 7.94. The molecule has 0 atom stereocenters. The molecule has 1 aliphatic rings. The number of β-amino-alcohol motifs (C(OH)–C–C–N with tert-alkyl or cyclic N) is 1. The molecule has 0 aromatic heterocycles. The topological polar surface area (TPSA) is 52.7 Å². The maximum absolute atomic E-state index is 8.60. The van der Waals surface area contributed by atoms with Gasteiger partial charge in [-0.15, -0.1) is 0 Å². The molecule has 0 amide bonds. The van der Waals surface area contributed by atoms with Crippen molar-refractivity contribution in [3.8, 4) is 0 Å². The van der Waals surface area contributed by atoms with Crippen molar-refractivity contribution in [1.82, 2.24) is 9.91 Å². The highest BCUT2D eigenvalue weighted by molar-refractivity contribution is 4.66. The SMILES string of the molecule is NN1CCN(CCO)CC1. The van der Waals surface area contributed by atoms with Crippen LogP contribution < -0.4 is 5.84 Å². The molecule has 60 valence electrons. The summed E-state index contributed by atoms with van der Waals surface area (Å²) in [5.74, 6) is 5.54. The summed E-state index contributed by atoms with van der Waals surface area (Å²) in [5, 5.41) is 10.4. The minimum Gasteiger partial charge on any atom is -0.395 e. The minimum atomic E-state index is 0.255. The lowest BCUT2D eigenvalue weighted by atomic mass is 10.3. The van der Waals surface area contributed by atoms with Crippen molar-refractivity contribution in [2.75, 3.05) is 39.3 Å². The van der Waals surface area contributed by atoms with Crippen LogP contribution in [0.5, 0.6) is 0 Å². The highest BCUT2D eigenvalue weighted by atomic mass is 16.3. The number of rotatable bonds is 2. The first-order valence-corrected chi connectivity index (χ1v) is 3.66. The zero-order valence-corrected chi connectivity index (χ0v) is 6.16. The standard InChI is InChI=1S/C6H15N3O/c7-9-3-1-8(2-4-9)5-6-10/h10H,1-7H2. The van der Waals surface area contributed by atoms with Gasteiger partial charge in [0.1, 0.15) is 0 Å².